The van der Waals surface area contributed by atoms with Crippen LogP contribution in [0.15, 0.2) is 108 Å². The highest BCUT2D eigenvalue weighted by Crippen LogP contribution is 2.34. The number of sulfonamides is 1. The molecule has 0 spiro atoms. The number of carbonyl (C=O) groups is 2. The lowest BCUT2D eigenvalue weighted by atomic mass is 9.94. The van der Waals surface area contributed by atoms with Crippen LogP contribution in [-0.4, -0.2) is 43.8 Å². The van der Waals surface area contributed by atoms with Crippen molar-refractivity contribution in [1.82, 2.24) is 10.2 Å². The maximum absolute atomic E-state index is 14.6. The molecule has 1 saturated carbocycles. The van der Waals surface area contributed by atoms with Gasteiger partial charge in [-0.15, -0.1) is 0 Å². The number of hydrogen-bond donors (Lipinski definition) is 1. The fourth-order valence-corrected chi connectivity index (χ4v) is 7.75. The summed E-state index contributed by atoms with van der Waals surface area (Å²) in [6.45, 7) is 0.777. The zero-order valence-corrected chi connectivity index (χ0v) is 29.1. The quantitative estimate of drug-likeness (QED) is 0.161. The number of hydrogen-bond acceptors (Lipinski definition) is 4. The largest absolute Gasteiger partial charge is 0.416 e. The number of rotatable bonds is 12. The van der Waals surface area contributed by atoms with E-state index in [0.29, 0.717) is 21.0 Å². The Labute approximate surface area is 296 Å². The number of nitrogens with one attached hydrogen (secondary N) is 1. The zero-order chi connectivity index (χ0) is 35.9. The predicted molar refractivity (Wildman–Crippen MR) is 188 cm³/mol. The molecule has 1 aliphatic carbocycles. The molecule has 4 aromatic rings. The molecule has 1 atom stereocenters. The fraction of sp³-hybridized carbons (Fsp3) is 0.316. The maximum Gasteiger partial charge on any atom is 0.416 e. The number of anilines is 1. The standard InChI is InChI=1S/C38H39ClF3N3O4S/c1-27-18-20-34(21-19-27)50(48,49)45(33-17-9-13-30(24-33)38(40,41)42)26-36(46)44(25-29-12-8-14-31(39)22-29)35(23-28-10-4-2-5-11-28)37(47)43-32-15-6-3-7-16-32/h2,4-5,8-14,17-22,24,32,35H,3,6-7,15-16,23,25-26H2,1H3,(H,43,47). The van der Waals surface area contributed by atoms with Crippen molar-refractivity contribution in [2.45, 2.75) is 75.1 Å². The van der Waals surface area contributed by atoms with Gasteiger partial charge in [-0.2, -0.15) is 13.2 Å². The molecule has 2 amide bonds. The molecule has 1 fully saturated rings. The van der Waals surface area contributed by atoms with Gasteiger partial charge in [0.25, 0.3) is 10.0 Å². The van der Waals surface area contributed by atoms with Gasteiger partial charge in [-0.3, -0.25) is 13.9 Å². The molecule has 1 unspecified atom stereocenters. The van der Waals surface area contributed by atoms with Crippen LogP contribution in [-0.2, 0) is 38.8 Å². The van der Waals surface area contributed by atoms with Gasteiger partial charge in [-0.05, 0) is 73.4 Å². The first-order valence-electron chi connectivity index (χ1n) is 16.5. The molecule has 4 aromatic carbocycles. The molecular weight excluding hydrogens is 687 g/mol. The monoisotopic (exact) mass is 725 g/mol. The number of carbonyl (C=O) groups excluding carboxylic acids is 2. The van der Waals surface area contributed by atoms with Crippen molar-refractivity contribution >= 4 is 39.1 Å². The minimum absolute atomic E-state index is 0.0823. The fourth-order valence-electron chi connectivity index (χ4n) is 6.13. The summed E-state index contributed by atoms with van der Waals surface area (Å²) in [5.74, 6) is -1.18. The van der Waals surface area contributed by atoms with Gasteiger partial charge in [0.2, 0.25) is 11.8 Å². The van der Waals surface area contributed by atoms with Crippen molar-refractivity contribution < 1.29 is 31.2 Å². The minimum Gasteiger partial charge on any atom is -0.352 e. The highest BCUT2D eigenvalue weighted by molar-refractivity contribution is 7.92. The number of alkyl halides is 3. The first-order chi connectivity index (χ1) is 23.8. The van der Waals surface area contributed by atoms with E-state index in [1.54, 1.807) is 43.3 Å². The van der Waals surface area contributed by atoms with E-state index < -0.39 is 46.2 Å². The van der Waals surface area contributed by atoms with Crippen LogP contribution >= 0.6 is 11.6 Å². The van der Waals surface area contributed by atoms with Crippen molar-refractivity contribution in [3.05, 3.63) is 130 Å². The van der Waals surface area contributed by atoms with E-state index in [0.717, 1.165) is 55.4 Å². The van der Waals surface area contributed by atoms with Gasteiger partial charge in [0.05, 0.1) is 16.1 Å². The van der Waals surface area contributed by atoms with Crippen molar-refractivity contribution in [1.29, 1.82) is 0 Å². The van der Waals surface area contributed by atoms with Crippen molar-refractivity contribution in [3.8, 4) is 0 Å². The molecule has 0 bridgehead atoms. The van der Waals surface area contributed by atoms with Crippen LogP contribution in [0, 0.1) is 6.92 Å². The van der Waals surface area contributed by atoms with Gasteiger partial charge < -0.3 is 10.2 Å². The molecular formula is C38H39ClF3N3O4S. The average molecular weight is 726 g/mol. The van der Waals surface area contributed by atoms with Crippen molar-refractivity contribution in [2.75, 3.05) is 10.8 Å². The first-order valence-corrected chi connectivity index (χ1v) is 18.3. The Balaban J connectivity index is 1.60. The van der Waals surface area contributed by atoms with E-state index in [-0.39, 0.29) is 29.6 Å². The lowest BCUT2D eigenvalue weighted by Gasteiger charge is -2.35. The van der Waals surface area contributed by atoms with Crippen LogP contribution in [0.1, 0.15) is 54.4 Å². The van der Waals surface area contributed by atoms with Crippen LogP contribution in [0.4, 0.5) is 18.9 Å². The van der Waals surface area contributed by atoms with E-state index in [2.05, 4.69) is 5.32 Å². The number of aryl methyl sites for hydroxylation is 1. The van der Waals surface area contributed by atoms with Crippen LogP contribution in [0.25, 0.3) is 0 Å². The molecule has 5 rings (SSSR count). The first kappa shape index (κ1) is 36.9. The molecule has 0 saturated heterocycles. The highest BCUT2D eigenvalue weighted by atomic mass is 35.5. The number of benzene rings is 4. The molecule has 50 heavy (non-hydrogen) atoms. The van der Waals surface area contributed by atoms with Gasteiger partial charge >= 0.3 is 6.18 Å². The lowest BCUT2D eigenvalue weighted by molar-refractivity contribution is -0.140. The third-order valence-corrected chi connectivity index (χ3v) is 10.8. The third-order valence-electron chi connectivity index (χ3n) is 8.81. The molecule has 1 N–H and O–H groups in total. The number of amides is 2. The summed E-state index contributed by atoms with van der Waals surface area (Å²) in [5, 5.41) is 3.52. The molecule has 0 radical (unpaired) electrons. The smallest absolute Gasteiger partial charge is 0.352 e. The van der Waals surface area contributed by atoms with E-state index in [4.69, 9.17) is 11.6 Å². The number of nitrogens with zero attached hydrogens (tertiary/aromatic N) is 2. The Bertz CT molecular complexity index is 1880. The Hall–Kier alpha value is -4.35. The summed E-state index contributed by atoms with van der Waals surface area (Å²) in [4.78, 5) is 29.9. The van der Waals surface area contributed by atoms with Gasteiger partial charge in [0.1, 0.15) is 12.6 Å². The Morgan fingerprint density at radius 2 is 1.52 bits per heavy atom. The zero-order valence-electron chi connectivity index (χ0n) is 27.6. The second-order valence-electron chi connectivity index (χ2n) is 12.6. The maximum atomic E-state index is 14.6. The number of halogens is 4. The Morgan fingerprint density at radius 1 is 0.860 bits per heavy atom. The van der Waals surface area contributed by atoms with Crippen LogP contribution in [0.5, 0.6) is 0 Å². The van der Waals surface area contributed by atoms with E-state index in [9.17, 15) is 31.2 Å². The summed E-state index contributed by atoms with van der Waals surface area (Å²) in [6, 6.07) is 24.4. The molecule has 12 heteroatoms. The van der Waals surface area contributed by atoms with Gasteiger partial charge in [-0.25, -0.2) is 8.42 Å². The van der Waals surface area contributed by atoms with Crippen LogP contribution in [0.2, 0.25) is 5.02 Å². The summed E-state index contributed by atoms with van der Waals surface area (Å²) in [5.41, 5.74) is 0.702. The lowest BCUT2D eigenvalue weighted by Crippen LogP contribution is -2.55. The second kappa shape index (κ2) is 16.1. The summed E-state index contributed by atoms with van der Waals surface area (Å²) >= 11 is 6.30. The SMILES string of the molecule is Cc1ccc(S(=O)(=O)N(CC(=O)N(Cc2cccc(Cl)c2)C(Cc2ccccc2)C(=O)NC2CCCCC2)c2cccc(C(F)(F)F)c2)cc1. The normalized spacial score (nSPS) is 14.5. The van der Waals surface area contributed by atoms with Gasteiger partial charge in [0, 0.05) is 24.0 Å². The van der Waals surface area contributed by atoms with E-state index >= 15 is 0 Å². The molecule has 0 aromatic heterocycles. The summed E-state index contributed by atoms with van der Waals surface area (Å²) < 4.78 is 70.7. The molecule has 0 heterocycles. The van der Waals surface area contributed by atoms with Crippen LogP contribution < -0.4 is 9.62 Å². The molecule has 264 valence electrons. The summed E-state index contributed by atoms with van der Waals surface area (Å²) in [6.07, 6.45) is -0.0746. The molecule has 1 aliphatic rings. The average Bonchev–Trinajstić information content (AvgIpc) is 3.09. The highest BCUT2D eigenvalue weighted by Gasteiger charge is 2.37. The summed E-state index contributed by atoms with van der Waals surface area (Å²) in [7, 11) is -4.57. The predicted octanol–water partition coefficient (Wildman–Crippen LogP) is 7.95. The van der Waals surface area contributed by atoms with Crippen molar-refractivity contribution in [2.24, 2.45) is 0 Å². The third kappa shape index (κ3) is 9.45. The van der Waals surface area contributed by atoms with E-state index in [1.165, 1.54) is 23.1 Å². The topological polar surface area (TPSA) is 86.8 Å². The van der Waals surface area contributed by atoms with Gasteiger partial charge in [-0.1, -0.05) is 97.1 Å². The van der Waals surface area contributed by atoms with Gasteiger partial charge in [0.15, 0.2) is 0 Å². The Kier molecular flexibility index (Phi) is 11.9. The molecule has 0 aliphatic heterocycles. The minimum atomic E-state index is -4.77. The Morgan fingerprint density at radius 3 is 2.18 bits per heavy atom. The van der Waals surface area contributed by atoms with Crippen LogP contribution in [0.3, 0.4) is 0 Å². The second-order valence-corrected chi connectivity index (χ2v) is 14.9. The van der Waals surface area contributed by atoms with Crippen molar-refractivity contribution in [3.63, 3.8) is 0 Å². The van der Waals surface area contributed by atoms with E-state index in [1.807, 2.05) is 30.3 Å². The molecule has 7 nitrogen and oxygen atoms in total.